The van der Waals surface area contributed by atoms with Gasteiger partial charge in [0.2, 0.25) is 0 Å². The number of hydrogen-bond donors (Lipinski definition) is 0. The highest BCUT2D eigenvalue weighted by atomic mass is 16.5. The molecule has 0 N–H and O–H groups in total. The third-order valence-corrected chi connectivity index (χ3v) is 3.49. The van der Waals surface area contributed by atoms with Gasteiger partial charge in [-0.15, -0.1) is 0 Å². The van der Waals surface area contributed by atoms with Crippen LogP contribution in [0.2, 0.25) is 0 Å². The van der Waals surface area contributed by atoms with Gasteiger partial charge in [-0.3, -0.25) is 0 Å². The second kappa shape index (κ2) is 4.84. The Morgan fingerprint density at radius 1 is 1.39 bits per heavy atom. The lowest BCUT2D eigenvalue weighted by molar-refractivity contribution is 0.318. The van der Waals surface area contributed by atoms with Gasteiger partial charge in [-0.2, -0.15) is 0 Å². The lowest BCUT2D eigenvalue weighted by Crippen LogP contribution is -2.12. The Kier molecular flexibility index (Phi) is 3.05. The number of fused-ring (bicyclic) bond motifs is 1. The molecule has 0 spiro atoms. The Bertz CT molecular complexity index is 533. The van der Waals surface area contributed by atoms with Crippen LogP contribution in [0.25, 0.3) is 0 Å². The van der Waals surface area contributed by atoms with Crippen molar-refractivity contribution in [2.75, 3.05) is 6.61 Å². The van der Waals surface area contributed by atoms with E-state index in [9.17, 15) is 0 Å². The van der Waals surface area contributed by atoms with Crippen molar-refractivity contribution in [3.8, 4) is 5.75 Å². The summed E-state index contributed by atoms with van der Waals surface area (Å²) in [6.07, 6.45) is 6.15. The zero-order valence-corrected chi connectivity index (χ0v) is 10.7. The van der Waals surface area contributed by atoms with Crippen LogP contribution in [0, 0.1) is 0 Å². The first-order chi connectivity index (χ1) is 8.88. The number of ether oxygens (including phenoxy) is 1. The first kappa shape index (κ1) is 11.3. The summed E-state index contributed by atoms with van der Waals surface area (Å²) in [5.41, 5.74) is 1.33. The topological polar surface area (TPSA) is 27.1 Å². The fraction of sp³-hybridized carbons (Fsp3) is 0.400. The molecule has 2 heterocycles. The minimum Gasteiger partial charge on any atom is -0.493 e. The fourth-order valence-electron chi connectivity index (χ4n) is 2.58. The van der Waals surface area contributed by atoms with Gasteiger partial charge in [0.15, 0.2) is 0 Å². The Balaban J connectivity index is 1.80. The highest BCUT2D eigenvalue weighted by Gasteiger charge is 2.24. The van der Waals surface area contributed by atoms with E-state index < -0.39 is 0 Å². The Hall–Kier alpha value is -1.77. The molecule has 1 aromatic heterocycles. The molecule has 0 radical (unpaired) electrons. The van der Waals surface area contributed by atoms with Crippen LogP contribution in [0.1, 0.15) is 30.7 Å². The molecule has 1 aliphatic rings. The maximum absolute atomic E-state index is 5.73. The number of rotatable bonds is 4. The molecular formula is C15H18N2O. The molecule has 1 unspecified atom stereocenters. The van der Waals surface area contributed by atoms with Crippen molar-refractivity contribution in [1.82, 2.24) is 9.55 Å². The second-order valence-electron chi connectivity index (χ2n) is 4.79. The first-order valence-electron chi connectivity index (χ1n) is 6.60. The normalized spacial score (nSPS) is 17.5. The molecule has 1 aromatic carbocycles. The Morgan fingerprint density at radius 2 is 2.28 bits per heavy atom. The standard InChI is InChI=1S/C15H18N2O/c1-2-5-15-16-8-9-17(15)10-12-11-18-14-7-4-3-6-13(12)14/h3-4,6-9,12H,2,5,10-11H2,1H3. The van der Waals surface area contributed by atoms with Crippen molar-refractivity contribution in [1.29, 1.82) is 0 Å². The molecule has 3 heteroatoms. The molecule has 0 amide bonds. The van der Waals surface area contributed by atoms with Gasteiger partial charge in [0.1, 0.15) is 11.6 Å². The van der Waals surface area contributed by atoms with E-state index in [1.165, 1.54) is 11.4 Å². The molecule has 3 nitrogen and oxygen atoms in total. The molecular weight excluding hydrogens is 224 g/mol. The van der Waals surface area contributed by atoms with Crippen LogP contribution < -0.4 is 4.74 Å². The van der Waals surface area contributed by atoms with Crippen molar-refractivity contribution in [3.63, 3.8) is 0 Å². The van der Waals surface area contributed by atoms with Crippen LogP contribution in [-0.4, -0.2) is 16.2 Å². The van der Waals surface area contributed by atoms with E-state index in [1.807, 2.05) is 12.3 Å². The van der Waals surface area contributed by atoms with Crippen LogP contribution in [0.4, 0.5) is 0 Å². The molecule has 1 aliphatic heterocycles. The predicted molar refractivity (Wildman–Crippen MR) is 70.9 cm³/mol. The summed E-state index contributed by atoms with van der Waals surface area (Å²) >= 11 is 0. The first-order valence-corrected chi connectivity index (χ1v) is 6.60. The lowest BCUT2D eigenvalue weighted by atomic mass is 10.0. The molecule has 0 fully saturated rings. The molecule has 18 heavy (non-hydrogen) atoms. The largest absolute Gasteiger partial charge is 0.493 e. The zero-order valence-electron chi connectivity index (χ0n) is 10.7. The quantitative estimate of drug-likeness (QED) is 0.824. The second-order valence-corrected chi connectivity index (χ2v) is 4.79. The van der Waals surface area contributed by atoms with Gasteiger partial charge in [-0.05, 0) is 12.5 Å². The van der Waals surface area contributed by atoms with E-state index in [0.717, 1.165) is 31.7 Å². The van der Waals surface area contributed by atoms with E-state index >= 15 is 0 Å². The number of benzene rings is 1. The number of aromatic nitrogens is 2. The van der Waals surface area contributed by atoms with E-state index in [0.29, 0.717) is 5.92 Å². The zero-order chi connectivity index (χ0) is 12.4. The molecule has 0 bridgehead atoms. The van der Waals surface area contributed by atoms with Gasteiger partial charge in [0.25, 0.3) is 0 Å². The average Bonchev–Trinajstić information content (AvgIpc) is 2.99. The van der Waals surface area contributed by atoms with Crippen LogP contribution in [-0.2, 0) is 13.0 Å². The van der Waals surface area contributed by atoms with Gasteiger partial charge in [0, 0.05) is 36.8 Å². The summed E-state index contributed by atoms with van der Waals surface area (Å²) < 4.78 is 7.99. The summed E-state index contributed by atoms with van der Waals surface area (Å²) in [6, 6.07) is 8.34. The maximum Gasteiger partial charge on any atom is 0.122 e. The van der Waals surface area contributed by atoms with Crippen molar-refractivity contribution in [3.05, 3.63) is 48.0 Å². The van der Waals surface area contributed by atoms with Crippen LogP contribution in [0.3, 0.4) is 0 Å². The molecule has 1 atom stereocenters. The minimum atomic E-state index is 0.450. The lowest BCUT2D eigenvalue weighted by Gasteiger charge is -2.12. The van der Waals surface area contributed by atoms with Gasteiger partial charge in [0.05, 0.1) is 6.61 Å². The Morgan fingerprint density at radius 3 is 3.17 bits per heavy atom. The third kappa shape index (κ3) is 2.01. The average molecular weight is 242 g/mol. The van der Waals surface area contributed by atoms with Gasteiger partial charge in [-0.25, -0.2) is 4.98 Å². The summed E-state index contributed by atoms with van der Waals surface area (Å²) in [5.74, 6) is 2.67. The minimum absolute atomic E-state index is 0.450. The molecule has 94 valence electrons. The van der Waals surface area contributed by atoms with Gasteiger partial charge in [-0.1, -0.05) is 25.1 Å². The number of imidazole rings is 1. The predicted octanol–water partition coefficient (Wildman–Crippen LogP) is 3.01. The molecule has 3 rings (SSSR count). The van der Waals surface area contributed by atoms with Crippen molar-refractivity contribution < 1.29 is 4.74 Å². The van der Waals surface area contributed by atoms with E-state index in [4.69, 9.17) is 4.74 Å². The van der Waals surface area contributed by atoms with Crippen LogP contribution >= 0.6 is 0 Å². The van der Waals surface area contributed by atoms with E-state index in [-0.39, 0.29) is 0 Å². The van der Waals surface area contributed by atoms with Crippen LogP contribution in [0.5, 0.6) is 5.75 Å². The van der Waals surface area contributed by atoms with Crippen molar-refractivity contribution in [2.24, 2.45) is 0 Å². The number of nitrogens with zero attached hydrogens (tertiary/aromatic N) is 2. The third-order valence-electron chi connectivity index (χ3n) is 3.49. The van der Waals surface area contributed by atoms with Crippen molar-refractivity contribution in [2.45, 2.75) is 32.2 Å². The number of para-hydroxylation sites is 1. The van der Waals surface area contributed by atoms with E-state index in [1.54, 1.807) is 0 Å². The Labute approximate surface area is 107 Å². The number of aryl methyl sites for hydroxylation is 1. The van der Waals surface area contributed by atoms with Gasteiger partial charge < -0.3 is 9.30 Å². The highest BCUT2D eigenvalue weighted by molar-refractivity contribution is 5.39. The molecule has 0 saturated carbocycles. The van der Waals surface area contributed by atoms with E-state index in [2.05, 4.69) is 40.9 Å². The summed E-state index contributed by atoms with van der Waals surface area (Å²) in [7, 11) is 0. The SMILES string of the molecule is CCCc1nccn1CC1COc2ccccc21. The smallest absolute Gasteiger partial charge is 0.122 e. The maximum atomic E-state index is 5.73. The monoisotopic (exact) mass is 242 g/mol. The van der Waals surface area contributed by atoms with Gasteiger partial charge >= 0.3 is 0 Å². The fourth-order valence-corrected chi connectivity index (χ4v) is 2.58. The number of hydrogen-bond acceptors (Lipinski definition) is 2. The summed E-state index contributed by atoms with van der Waals surface area (Å²) in [5, 5.41) is 0. The molecule has 0 saturated heterocycles. The van der Waals surface area contributed by atoms with Crippen molar-refractivity contribution >= 4 is 0 Å². The highest BCUT2D eigenvalue weighted by Crippen LogP contribution is 2.34. The van der Waals surface area contributed by atoms with Crippen LogP contribution in [0.15, 0.2) is 36.7 Å². The molecule has 2 aromatic rings. The molecule has 0 aliphatic carbocycles. The summed E-state index contributed by atoms with van der Waals surface area (Å²) in [4.78, 5) is 4.43. The summed E-state index contributed by atoms with van der Waals surface area (Å²) in [6.45, 7) is 3.93.